The van der Waals surface area contributed by atoms with E-state index in [2.05, 4.69) is 91.7 Å². The van der Waals surface area contributed by atoms with Gasteiger partial charge in [0.05, 0.1) is 11.7 Å². The van der Waals surface area contributed by atoms with Crippen LogP contribution in [0.2, 0.25) is 0 Å². The molecule has 2 aromatic carbocycles. The molecule has 0 N–H and O–H groups in total. The van der Waals surface area contributed by atoms with E-state index >= 15 is 0 Å². The molecule has 0 aliphatic carbocycles. The molecule has 0 saturated heterocycles. The zero-order chi connectivity index (χ0) is 16.9. The molecular weight excluding hydrogens is 312 g/mol. The number of hydrazine groups is 1. The molecule has 3 heteroatoms. The van der Waals surface area contributed by atoms with Crippen LogP contribution in [0.4, 0.5) is 0 Å². The largest absolute Gasteiger partial charge is 0.307 e. The van der Waals surface area contributed by atoms with Crippen molar-refractivity contribution in [3.63, 3.8) is 0 Å². The van der Waals surface area contributed by atoms with Crippen molar-refractivity contribution in [3.8, 4) is 0 Å². The highest BCUT2D eigenvalue weighted by Crippen LogP contribution is 2.47. The van der Waals surface area contributed by atoms with Gasteiger partial charge < -0.3 is 5.01 Å². The van der Waals surface area contributed by atoms with Crippen molar-refractivity contribution in [2.24, 2.45) is 0 Å². The third-order valence-corrected chi connectivity index (χ3v) is 5.79. The first kappa shape index (κ1) is 17.1. The molecule has 0 spiro atoms. The summed E-state index contributed by atoms with van der Waals surface area (Å²) in [6.07, 6.45) is 2.49. The van der Waals surface area contributed by atoms with Gasteiger partial charge >= 0.3 is 0 Å². The fourth-order valence-electron chi connectivity index (χ4n) is 3.19. The number of unbranched alkanes of at least 4 members (excludes halogenated alkanes) is 1. The minimum Gasteiger partial charge on any atom is -0.307 e. The lowest BCUT2D eigenvalue weighted by molar-refractivity contribution is 0.0824. The highest BCUT2D eigenvalue weighted by atomic mass is 32.2. The summed E-state index contributed by atoms with van der Waals surface area (Å²) in [4.78, 5) is 1.46. The average Bonchev–Trinajstić information content (AvgIpc) is 2.87. The van der Waals surface area contributed by atoms with Gasteiger partial charge in [-0.15, -0.1) is 11.8 Å². The van der Waals surface area contributed by atoms with Crippen LogP contribution in [0.1, 0.15) is 36.9 Å². The van der Waals surface area contributed by atoms with Crippen LogP contribution in [0.3, 0.4) is 0 Å². The maximum atomic E-state index is 2.35. The maximum Gasteiger partial charge on any atom is 0.0869 e. The van der Waals surface area contributed by atoms with Crippen LogP contribution in [-0.4, -0.2) is 29.9 Å². The minimum atomic E-state index is 0.299. The van der Waals surface area contributed by atoms with Gasteiger partial charge in [0.25, 0.3) is 0 Å². The zero-order valence-corrected chi connectivity index (χ0v) is 15.6. The zero-order valence-electron chi connectivity index (χ0n) is 14.8. The molecule has 2 nitrogen and oxygen atoms in total. The molecule has 1 atom stereocenters. The average molecular weight is 339 g/mol. The molecule has 0 fully saturated rings. The Kier molecular flexibility index (Phi) is 5.64. The number of nitrogens with zero attached hydrogens (tertiary/aromatic N) is 2. The van der Waals surface area contributed by atoms with Crippen LogP contribution in [0, 0.1) is 0 Å². The van der Waals surface area contributed by atoms with Gasteiger partial charge in [0.15, 0.2) is 0 Å². The Hall–Kier alpha value is -1.71. The Morgan fingerprint density at radius 3 is 2.17 bits per heavy atom. The highest BCUT2D eigenvalue weighted by Gasteiger charge is 2.36. The summed E-state index contributed by atoms with van der Waals surface area (Å²) in [5, 5.41) is 4.66. The number of hydrogen-bond acceptors (Lipinski definition) is 3. The van der Waals surface area contributed by atoms with Crippen molar-refractivity contribution in [2.45, 2.75) is 25.8 Å². The van der Waals surface area contributed by atoms with Gasteiger partial charge in [-0.25, -0.2) is 5.01 Å². The summed E-state index contributed by atoms with van der Waals surface area (Å²) in [7, 11) is 4.36. The Bertz CT molecular complexity index is 681. The Balaban J connectivity index is 2.05. The molecule has 0 amide bonds. The van der Waals surface area contributed by atoms with Gasteiger partial charge in [0, 0.05) is 24.6 Å². The second-order valence-corrected chi connectivity index (χ2v) is 7.33. The lowest BCUT2D eigenvalue weighted by atomic mass is 10.0. The molecule has 126 valence electrons. The van der Waals surface area contributed by atoms with Gasteiger partial charge in [0.1, 0.15) is 0 Å². The molecule has 0 radical (unpaired) electrons. The van der Waals surface area contributed by atoms with Crippen molar-refractivity contribution >= 4 is 17.5 Å². The van der Waals surface area contributed by atoms with E-state index in [-0.39, 0.29) is 0 Å². The van der Waals surface area contributed by atoms with Crippen LogP contribution in [0.5, 0.6) is 0 Å². The van der Waals surface area contributed by atoms with Gasteiger partial charge in [-0.05, 0) is 17.7 Å². The number of hydrogen-bond donors (Lipinski definition) is 0. The van der Waals surface area contributed by atoms with Crippen LogP contribution in [0.15, 0.2) is 65.6 Å². The van der Waals surface area contributed by atoms with Crippen molar-refractivity contribution in [3.05, 3.63) is 76.7 Å². The van der Waals surface area contributed by atoms with Crippen molar-refractivity contribution in [1.29, 1.82) is 0 Å². The Morgan fingerprint density at radius 2 is 1.54 bits per heavy atom. The Morgan fingerprint density at radius 1 is 0.917 bits per heavy atom. The summed E-state index contributed by atoms with van der Waals surface area (Å²) >= 11 is 2.02. The van der Waals surface area contributed by atoms with E-state index in [9.17, 15) is 0 Å². The van der Waals surface area contributed by atoms with E-state index in [1.165, 1.54) is 40.3 Å². The highest BCUT2D eigenvalue weighted by molar-refractivity contribution is 8.03. The number of benzene rings is 2. The van der Waals surface area contributed by atoms with Gasteiger partial charge in [-0.3, -0.25) is 0 Å². The van der Waals surface area contributed by atoms with E-state index in [4.69, 9.17) is 0 Å². The predicted molar refractivity (Wildman–Crippen MR) is 105 cm³/mol. The Labute approximate surface area is 150 Å². The van der Waals surface area contributed by atoms with Gasteiger partial charge in [0.2, 0.25) is 0 Å². The number of rotatable bonds is 6. The summed E-state index contributed by atoms with van der Waals surface area (Å²) in [5.41, 5.74) is 3.99. The fourth-order valence-corrected chi connectivity index (χ4v) is 4.68. The van der Waals surface area contributed by atoms with Crippen molar-refractivity contribution in [1.82, 2.24) is 10.0 Å². The molecule has 1 heterocycles. The molecule has 1 aliphatic rings. The molecule has 0 saturated carbocycles. The van der Waals surface area contributed by atoms with Gasteiger partial charge in [-0.2, -0.15) is 0 Å². The quantitative estimate of drug-likeness (QED) is 0.649. The van der Waals surface area contributed by atoms with Crippen LogP contribution in [0.25, 0.3) is 5.70 Å². The van der Waals surface area contributed by atoms with Crippen molar-refractivity contribution in [2.75, 3.05) is 19.8 Å². The first-order valence-electron chi connectivity index (χ1n) is 8.67. The lowest BCUT2D eigenvalue weighted by Crippen LogP contribution is -2.32. The van der Waals surface area contributed by atoms with E-state index in [1.54, 1.807) is 0 Å². The maximum absolute atomic E-state index is 2.35. The first-order valence-corrected chi connectivity index (χ1v) is 9.66. The van der Waals surface area contributed by atoms with Crippen molar-refractivity contribution < 1.29 is 0 Å². The number of likely N-dealkylation sites (N-methyl/N-ethyl adjacent to an activating group) is 1. The van der Waals surface area contributed by atoms with E-state index in [0.717, 1.165) is 0 Å². The van der Waals surface area contributed by atoms with E-state index in [0.29, 0.717) is 6.04 Å². The third-order valence-electron chi connectivity index (χ3n) is 4.57. The first-order chi connectivity index (χ1) is 11.7. The molecule has 3 rings (SSSR count). The van der Waals surface area contributed by atoms with E-state index in [1.807, 2.05) is 11.8 Å². The summed E-state index contributed by atoms with van der Waals surface area (Å²) in [6, 6.07) is 21.9. The standard InChI is InChI=1S/C21H26N2S/c1-4-5-16-24-21-19(17-12-8-6-9-13-17)22(2)23(3)20(21)18-14-10-7-11-15-18/h6-15,19H,4-5,16H2,1-3H3. The van der Waals surface area contributed by atoms with Crippen LogP contribution < -0.4 is 0 Å². The molecule has 24 heavy (non-hydrogen) atoms. The molecule has 0 bridgehead atoms. The molecule has 0 aromatic heterocycles. The SMILES string of the molecule is CCCCSC1=C(c2ccccc2)N(C)N(C)C1c1ccccc1. The van der Waals surface area contributed by atoms with Crippen LogP contribution >= 0.6 is 11.8 Å². The molecule has 2 aromatic rings. The smallest absolute Gasteiger partial charge is 0.0869 e. The molecule has 1 aliphatic heterocycles. The van der Waals surface area contributed by atoms with Gasteiger partial charge in [-0.1, -0.05) is 74.0 Å². The summed E-state index contributed by atoms with van der Waals surface area (Å²) in [5.74, 6) is 1.17. The normalized spacial score (nSPS) is 18.5. The summed E-state index contributed by atoms with van der Waals surface area (Å²) in [6.45, 7) is 2.26. The third kappa shape index (κ3) is 3.38. The molecule has 1 unspecified atom stereocenters. The topological polar surface area (TPSA) is 6.48 Å². The van der Waals surface area contributed by atoms with E-state index < -0.39 is 0 Å². The minimum absolute atomic E-state index is 0.299. The predicted octanol–water partition coefficient (Wildman–Crippen LogP) is 5.42. The second kappa shape index (κ2) is 7.91. The van der Waals surface area contributed by atoms with Crippen LogP contribution in [-0.2, 0) is 0 Å². The summed E-state index contributed by atoms with van der Waals surface area (Å²) < 4.78 is 0. The lowest BCUT2D eigenvalue weighted by Gasteiger charge is -2.29. The monoisotopic (exact) mass is 338 g/mol. The molecular formula is C21H26N2S. The number of thioether (sulfide) groups is 1. The second-order valence-electron chi connectivity index (χ2n) is 6.19. The fraction of sp³-hybridized carbons (Fsp3) is 0.333.